The van der Waals surface area contributed by atoms with Gasteiger partial charge in [-0.25, -0.2) is 12.1 Å². The average molecular weight is 691 g/mol. The van der Waals surface area contributed by atoms with Gasteiger partial charge in [0.1, 0.15) is 0 Å². The first-order valence-corrected chi connectivity index (χ1v) is 21.3. The predicted molar refractivity (Wildman–Crippen MR) is 211 cm³/mol. The topological polar surface area (TPSA) is 0 Å². The Hall–Kier alpha value is -0.781. The quantitative estimate of drug-likeness (QED) is 0.0390. The summed E-state index contributed by atoms with van der Waals surface area (Å²) in [6, 6.07) is 17.1. The van der Waals surface area contributed by atoms with Crippen molar-refractivity contribution in [2.24, 2.45) is 0 Å². The minimum absolute atomic E-state index is 0. The first kappa shape index (κ1) is 46.2. The van der Waals surface area contributed by atoms with E-state index in [1.54, 1.807) is 11.1 Å². The van der Waals surface area contributed by atoms with Crippen molar-refractivity contribution < 1.29 is 17.1 Å². The molecule has 0 saturated carbocycles. The van der Waals surface area contributed by atoms with Gasteiger partial charge in [-0.1, -0.05) is 232 Å². The Labute approximate surface area is 307 Å². The summed E-state index contributed by atoms with van der Waals surface area (Å²) < 4.78 is 0. The molecule has 1 heteroatoms. The minimum Gasteiger partial charge on any atom is -0.748 e. The maximum Gasteiger partial charge on any atom is 0 e. The van der Waals surface area contributed by atoms with Crippen LogP contribution >= 0.6 is 0 Å². The van der Waals surface area contributed by atoms with E-state index in [1.165, 1.54) is 218 Å². The van der Waals surface area contributed by atoms with Crippen LogP contribution in [0.2, 0.25) is 0 Å². The van der Waals surface area contributed by atoms with E-state index in [0.29, 0.717) is 0 Å². The summed E-state index contributed by atoms with van der Waals surface area (Å²) in [5, 5.41) is 0. The fourth-order valence-electron chi connectivity index (χ4n) is 7.03. The third-order valence-corrected chi connectivity index (χ3v) is 10.2. The average Bonchev–Trinajstić information content (AvgIpc) is 3.80. The fourth-order valence-corrected chi connectivity index (χ4v) is 7.03. The Kier molecular flexibility index (Phi) is 39.0. The third-order valence-electron chi connectivity index (χ3n) is 10.2. The second kappa shape index (κ2) is 39.7. The van der Waals surface area contributed by atoms with Crippen LogP contribution < -0.4 is 0 Å². The van der Waals surface area contributed by atoms with E-state index < -0.39 is 0 Å². The van der Waals surface area contributed by atoms with Gasteiger partial charge in [-0.05, 0) is 0 Å². The number of aryl methyl sites for hydroxylation is 2. The molecular formula is C46H82Fe-6. The van der Waals surface area contributed by atoms with Crippen molar-refractivity contribution in [3.05, 3.63) is 59.7 Å². The van der Waals surface area contributed by atoms with E-state index in [-0.39, 0.29) is 17.1 Å². The van der Waals surface area contributed by atoms with Crippen molar-refractivity contribution in [2.75, 3.05) is 0 Å². The molecule has 2 rings (SSSR count). The first-order chi connectivity index (χ1) is 22.9. The molecule has 0 aromatic heterocycles. The van der Waals surface area contributed by atoms with E-state index >= 15 is 0 Å². The molecule has 280 valence electrons. The Morgan fingerprint density at radius 2 is 0.660 bits per heavy atom. The van der Waals surface area contributed by atoms with Crippen LogP contribution in [-0.4, -0.2) is 0 Å². The molecule has 0 aliphatic heterocycles. The van der Waals surface area contributed by atoms with Gasteiger partial charge in [0.2, 0.25) is 0 Å². The number of hydrogen-bond donors (Lipinski definition) is 0. The van der Waals surface area contributed by atoms with E-state index in [9.17, 15) is 0 Å². The molecule has 0 N–H and O–H groups in total. The van der Waals surface area contributed by atoms with Crippen LogP contribution in [0.15, 0.2) is 48.5 Å². The predicted octanol–water partition coefficient (Wildman–Crippen LogP) is 16.4. The van der Waals surface area contributed by atoms with E-state index in [2.05, 4.69) is 32.0 Å². The van der Waals surface area contributed by atoms with Gasteiger partial charge >= 0.3 is 0 Å². The maximum atomic E-state index is 2.41. The van der Waals surface area contributed by atoms with Gasteiger partial charge in [-0.3, -0.25) is 0 Å². The van der Waals surface area contributed by atoms with Crippen LogP contribution in [0.5, 0.6) is 0 Å². The Morgan fingerprint density at radius 1 is 0.383 bits per heavy atom. The van der Waals surface area contributed by atoms with E-state index in [0.717, 1.165) is 0 Å². The van der Waals surface area contributed by atoms with Gasteiger partial charge in [-0.2, -0.15) is 17.2 Å². The molecule has 0 unspecified atom stereocenters. The molecular weight excluding hydrogens is 608 g/mol. The minimum atomic E-state index is 0. The maximum absolute atomic E-state index is 2.41. The van der Waals surface area contributed by atoms with Crippen molar-refractivity contribution in [3.8, 4) is 0 Å². The van der Waals surface area contributed by atoms with Crippen molar-refractivity contribution >= 4 is 0 Å². The fraction of sp³-hybridized carbons (Fsp3) is 0.783. The molecule has 0 fully saturated rings. The van der Waals surface area contributed by atoms with Crippen molar-refractivity contribution in [1.82, 2.24) is 0 Å². The standard InChI is InChI=1S/C41H77.C5H5.Fe/c1-3-5-7-9-11-13-15-17-19-21-23-25-27-29-31-33-36-40-38-35-39-41(40)37-34-32-30-28-26-24-22-20-18-16-14-12-10-8-6-4-2;1-2-4-5-3-1;/h35,38-39H,3-34,36-37H2,1-2H3;1-5H;/q-1;-5;. The molecule has 2 aromatic rings. The number of rotatable bonds is 34. The Balaban J connectivity index is 0.00000320. The summed E-state index contributed by atoms with van der Waals surface area (Å²) in [7, 11) is 0. The van der Waals surface area contributed by atoms with Gasteiger partial charge in [-0.15, -0.1) is 0 Å². The monoisotopic (exact) mass is 691 g/mol. The SMILES string of the molecule is CCCCCCCCCCCCCCCCCCc1ccc[c-]1CCCCCCCCCCCCCCCCCC.[Fe].[cH-]1[cH-][cH-][cH-][cH-]1. The van der Waals surface area contributed by atoms with Crippen molar-refractivity contribution in [1.29, 1.82) is 0 Å². The molecule has 0 saturated heterocycles. The van der Waals surface area contributed by atoms with Gasteiger partial charge < -0.3 is 30.3 Å². The zero-order chi connectivity index (χ0) is 32.9. The van der Waals surface area contributed by atoms with Crippen molar-refractivity contribution in [3.63, 3.8) is 0 Å². The smallest absolute Gasteiger partial charge is 0 e. The second-order valence-corrected chi connectivity index (χ2v) is 14.6. The van der Waals surface area contributed by atoms with Gasteiger partial charge in [0.05, 0.1) is 0 Å². The van der Waals surface area contributed by atoms with Crippen LogP contribution in [0.1, 0.15) is 230 Å². The van der Waals surface area contributed by atoms with Crippen LogP contribution in [-0.2, 0) is 29.9 Å². The molecule has 0 atom stereocenters. The zero-order valence-corrected chi connectivity index (χ0v) is 33.1. The van der Waals surface area contributed by atoms with Gasteiger partial charge in [0.25, 0.3) is 0 Å². The van der Waals surface area contributed by atoms with Gasteiger partial charge in [0.15, 0.2) is 0 Å². The Bertz CT molecular complexity index is 703. The summed E-state index contributed by atoms with van der Waals surface area (Å²) in [6.07, 6.45) is 49.3. The van der Waals surface area contributed by atoms with Crippen LogP contribution in [0, 0.1) is 0 Å². The number of unbranched alkanes of at least 4 members (excludes halogenated alkanes) is 30. The molecule has 0 aliphatic carbocycles. The molecule has 0 spiro atoms. The molecule has 0 amide bonds. The van der Waals surface area contributed by atoms with Gasteiger partial charge in [0, 0.05) is 17.1 Å². The summed E-state index contributed by atoms with van der Waals surface area (Å²) in [5.41, 5.74) is 3.33. The normalized spacial score (nSPS) is 10.9. The molecule has 0 bridgehead atoms. The second-order valence-electron chi connectivity index (χ2n) is 14.6. The van der Waals surface area contributed by atoms with Crippen LogP contribution in [0.4, 0.5) is 0 Å². The molecule has 0 nitrogen and oxygen atoms in total. The Morgan fingerprint density at radius 3 is 0.979 bits per heavy atom. The first-order valence-electron chi connectivity index (χ1n) is 21.3. The molecule has 0 heterocycles. The van der Waals surface area contributed by atoms with Crippen LogP contribution in [0.25, 0.3) is 0 Å². The van der Waals surface area contributed by atoms with E-state index in [1.807, 2.05) is 30.3 Å². The molecule has 0 radical (unpaired) electrons. The van der Waals surface area contributed by atoms with E-state index in [4.69, 9.17) is 0 Å². The molecule has 47 heavy (non-hydrogen) atoms. The molecule has 0 aliphatic rings. The van der Waals surface area contributed by atoms with Crippen LogP contribution in [0.3, 0.4) is 0 Å². The summed E-state index contributed by atoms with van der Waals surface area (Å²) in [6.45, 7) is 4.62. The summed E-state index contributed by atoms with van der Waals surface area (Å²) in [4.78, 5) is 0. The summed E-state index contributed by atoms with van der Waals surface area (Å²) in [5.74, 6) is 0. The third kappa shape index (κ3) is 33.5. The number of hydrogen-bond acceptors (Lipinski definition) is 0. The summed E-state index contributed by atoms with van der Waals surface area (Å²) >= 11 is 0. The molecule has 2 aromatic carbocycles. The zero-order valence-electron chi connectivity index (χ0n) is 32.0. The van der Waals surface area contributed by atoms with Crippen molar-refractivity contribution in [2.45, 2.75) is 232 Å². The largest absolute Gasteiger partial charge is 0.748 e.